The summed E-state index contributed by atoms with van der Waals surface area (Å²) in [5.41, 5.74) is 2.30. The van der Waals surface area contributed by atoms with Crippen LogP contribution in [-0.2, 0) is 6.42 Å². The third-order valence-electron chi connectivity index (χ3n) is 7.30. The minimum Gasteiger partial charge on any atom is -0.493 e. The molecule has 2 aromatic rings. The Morgan fingerprint density at radius 3 is 2.03 bits per heavy atom. The predicted octanol–water partition coefficient (Wildman–Crippen LogP) is 8.81. The molecule has 1 aliphatic carbocycles. The number of unbranched alkanes of at least 4 members (excludes halogenated alkanes) is 7. The highest BCUT2D eigenvalue weighted by Gasteiger charge is 2.21. The van der Waals surface area contributed by atoms with Gasteiger partial charge < -0.3 is 4.74 Å². The van der Waals surface area contributed by atoms with Crippen LogP contribution in [0.4, 0.5) is 0 Å². The van der Waals surface area contributed by atoms with Crippen LogP contribution in [0.15, 0.2) is 36.7 Å². The van der Waals surface area contributed by atoms with Crippen molar-refractivity contribution in [1.82, 2.24) is 9.97 Å². The van der Waals surface area contributed by atoms with Gasteiger partial charge in [0.15, 0.2) is 5.82 Å². The van der Waals surface area contributed by atoms with E-state index in [-0.39, 0.29) is 0 Å². The van der Waals surface area contributed by atoms with E-state index in [2.05, 4.69) is 48.1 Å². The van der Waals surface area contributed by atoms with E-state index in [0.717, 1.165) is 42.0 Å². The molecule has 0 amide bonds. The number of ether oxygens (including phenoxy) is 1. The van der Waals surface area contributed by atoms with Gasteiger partial charge in [0.2, 0.25) is 0 Å². The Labute approximate surface area is 202 Å². The Balaban J connectivity index is 1.36. The number of aryl methyl sites for hydroxylation is 1. The molecule has 0 radical (unpaired) electrons. The predicted molar refractivity (Wildman–Crippen MR) is 140 cm³/mol. The lowest BCUT2D eigenvalue weighted by Crippen LogP contribution is -2.20. The van der Waals surface area contributed by atoms with Crippen LogP contribution >= 0.6 is 0 Å². The molecule has 3 nitrogen and oxygen atoms in total. The Kier molecular flexibility index (Phi) is 11.8. The van der Waals surface area contributed by atoms with Crippen LogP contribution in [0.5, 0.6) is 5.75 Å². The molecule has 0 saturated heterocycles. The molecule has 3 rings (SSSR count). The van der Waals surface area contributed by atoms with Gasteiger partial charge in [-0.1, -0.05) is 84.5 Å². The second kappa shape index (κ2) is 15.1. The van der Waals surface area contributed by atoms with Gasteiger partial charge in [0.1, 0.15) is 5.75 Å². The first-order valence-electron chi connectivity index (χ1n) is 13.8. The molecule has 0 spiro atoms. The molecular weight excluding hydrogens is 404 g/mol. The van der Waals surface area contributed by atoms with Crippen molar-refractivity contribution in [2.24, 2.45) is 11.8 Å². The van der Waals surface area contributed by atoms with E-state index in [1.54, 1.807) is 0 Å². The van der Waals surface area contributed by atoms with E-state index in [0.29, 0.717) is 0 Å². The van der Waals surface area contributed by atoms with E-state index in [9.17, 15) is 0 Å². The van der Waals surface area contributed by atoms with Crippen molar-refractivity contribution in [3.05, 3.63) is 42.2 Å². The highest BCUT2D eigenvalue weighted by Crippen LogP contribution is 2.32. The van der Waals surface area contributed by atoms with E-state index in [1.807, 2.05) is 12.4 Å². The van der Waals surface area contributed by atoms with Gasteiger partial charge in [0.25, 0.3) is 0 Å². The van der Waals surface area contributed by atoms with Crippen molar-refractivity contribution < 1.29 is 4.74 Å². The van der Waals surface area contributed by atoms with Gasteiger partial charge in [0, 0.05) is 18.0 Å². The lowest BCUT2D eigenvalue weighted by Gasteiger charge is -2.28. The van der Waals surface area contributed by atoms with E-state index >= 15 is 0 Å². The van der Waals surface area contributed by atoms with Crippen LogP contribution < -0.4 is 4.74 Å². The zero-order valence-corrected chi connectivity index (χ0v) is 21.2. The zero-order valence-electron chi connectivity index (χ0n) is 21.2. The molecule has 1 aromatic heterocycles. The summed E-state index contributed by atoms with van der Waals surface area (Å²) in [5.74, 6) is 3.44. The van der Waals surface area contributed by atoms with Crippen molar-refractivity contribution in [3.8, 4) is 17.1 Å². The molecule has 0 atom stereocenters. The topological polar surface area (TPSA) is 35.0 Å². The largest absolute Gasteiger partial charge is 0.493 e. The zero-order chi connectivity index (χ0) is 23.1. The van der Waals surface area contributed by atoms with E-state index < -0.39 is 0 Å². The van der Waals surface area contributed by atoms with Gasteiger partial charge >= 0.3 is 0 Å². The maximum absolute atomic E-state index is 6.13. The van der Waals surface area contributed by atoms with Gasteiger partial charge in [-0.3, -0.25) is 0 Å². The molecule has 0 aliphatic heterocycles. The molecule has 0 unspecified atom stereocenters. The lowest BCUT2D eigenvalue weighted by atomic mass is 9.80. The summed E-state index contributed by atoms with van der Waals surface area (Å²) in [6.07, 6.45) is 24.0. The molecule has 1 aliphatic rings. The number of rotatable bonds is 15. The second-order valence-corrected chi connectivity index (χ2v) is 10.2. The summed E-state index contributed by atoms with van der Waals surface area (Å²) in [6, 6.07) is 8.31. The highest BCUT2D eigenvalue weighted by molar-refractivity contribution is 5.55. The van der Waals surface area contributed by atoms with E-state index in [4.69, 9.17) is 4.74 Å². The summed E-state index contributed by atoms with van der Waals surface area (Å²) >= 11 is 0. The molecule has 33 heavy (non-hydrogen) atoms. The number of hydrogen-bond acceptors (Lipinski definition) is 3. The molecule has 1 aromatic carbocycles. The smallest absolute Gasteiger partial charge is 0.159 e. The second-order valence-electron chi connectivity index (χ2n) is 10.2. The quantitative estimate of drug-likeness (QED) is 0.254. The van der Waals surface area contributed by atoms with Gasteiger partial charge in [0.05, 0.1) is 6.61 Å². The molecule has 1 fully saturated rings. The number of nitrogens with zero attached hydrogens (tertiary/aromatic N) is 2. The third-order valence-corrected chi connectivity index (χ3v) is 7.30. The first kappa shape index (κ1) is 25.7. The van der Waals surface area contributed by atoms with Crippen LogP contribution in [0, 0.1) is 11.8 Å². The fourth-order valence-electron chi connectivity index (χ4n) is 5.03. The van der Waals surface area contributed by atoms with Crippen LogP contribution in [0.2, 0.25) is 0 Å². The summed E-state index contributed by atoms with van der Waals surface area (Å²) in [6.45, 7) is 5.41. The van der Waals surface area contributed by atoms with Crippen molar-refractivity contribution >= 4 is 0 Å². The molecular formula is C30H46N2O. The fraction of sp³-hybridized carbons (Fsp3) is 0.667. The first-order valence-corrected chi connectivity index (χ1v) is 13.8. The van der Waals surface area contributed by atoms with Crippen molar-refractivity contribution in [3.63, 3.8) is 0 Å². The van der Waals surface area contributed by atoms with Crippen LogP contribution in [0.25, 0.3) is 11.4 Å². The molecule has 1 saturated carbocycles. The Morgan fingerprint density at radius 2 is 1.33 bits per heavy atom. The molecule has 0 N–H and O–H groups in total. The van der Waals surface area contributed by atoms with Crippen LogP contribution in [0.3, 0.4) is 0 Å². The average molecular weight is 451 g/mol. The third kappa shape index (κ3) is 9.47. The summed E-state index contributed by atoms with van der Waals surface area (Å²) in [7, 11) is 0. The van der Waals surface area contributed by atoms with Gasteiger partial charge in [-0.25, -0.2) is 9.97 Å². The standard InChI is InChI=1S/C30H46N2O/c1-3-5-7-8-9-11-13-27-22-31-30(32-23-27)28-18-20-29(21-19-28)33-24-26-16-14-25(15-17-26)12-10-6-4-2/h18-23,25-26H,3-17,24H2,1-2H3. The average Bonchev–Trinajstić information content (AvgIpc) is 2.86. The summed E-state index contributed by atoms with van der Waals surface area (Å²) in [5, 5.41) is 0. The van der Waals surface area contributed by atoms with Crippen molar-refractivity contribution in [1.29, 1.82) is 0 Å². The number of hydrogen-bond donors (Lipinski definition) is 0. The van der Waals surface area contributed by atoms with Gasteiger partial charge in [-0.2, -0.15) is 0 Å². The number of benzene rings is 1. The molecule has 1 heterocycles. The van der Waals surface area contributed by atoms with Gasteiger partial charge in [-0.15, -0.1) is 0 Å². The van der Waals surface area contributed by atoms with E-state index in [1.165, 1.54) is 95.5 Å². The van der Waals surface area contributed by atoms with Crippen molar-refractivity contribution in [2.45, 2.75) is 110 Å². The first-order chi connectivity index (χ1) is 16.3. The Hall–Kier alpha value is -1.90. The molecule has 3 heteroatoms. The SMILES string of the molecule is CCCCCCCCc1cnc(-c2ccc(OCC3CCC(CCCCC)CC3)cc2)nc1. The lowest BCUT2D eigenvalue weighted by molar-refractivity contribution is 0.177. The Morgan fingerprint density at radius 1 is 0.727 bits per heavy atom. The number of aromatic nitrogens is 2. The minimum atomic E-state index is 0.717. The normalized spacial score (nSPS) is 18.4. The monoisotopic (exact) mass is 450 g/mol. The maximum Gasteiger partial charge on any atom is 0.159 e. The highest BCUT2D eigenvalue weighted by atomic mass is 16.5. The van der Waals surface area contributed by atoms with Crippen LogP contribution in [0.1, 0.15) is 109 Å². The fourth-order valence-corrected chi connectivity index (χ4v) is 5.03. The molecule has 182 valence electrons. The van der Waals surface area contributed by atoms with Crippen molar-refractivity contribution in [2.75, 3.05) is 6.61 Å². The Bertz CT molecular complexity index is 748. The maximum atomic E-state index is 6.13. The summed E-state index contributed by atoms with van der Waals surface area (Å²) in [4.78, 5) is 9.22. The minimum absolute atomic E-state index is 0.717. The van der Waals surface area contributed by atoms with Crippen LogP contribution in [-0.4, -0.2) is 16.6 Å². The molecule has 0 bridgehead atoms. The van der Waals surface area contributed by atoms with Gasteiger partial charge in [-0.05, 0) is 67.3 Å². The summed E-state index contributed by atoms with van der Waals surface area (Å²) < 4.78 is 6.13.